The topological polar surface area (TPSA) is 66.4 Å². The van der Waals surface area contributed by atoms with Crippen LogP contribution in [-0.2, 0) is 4.79 Å². The van der Waals surface area contributed by atoms with E-state index in [1.54, 1.807) is 18.2 Å². The van der Waals surface area contributed by atoms with Crippen LogP contribution >= 0.6 is 0 Å². The number of hydrogen-bond acceptors (Lipinski definition) is 2. The summed E-state index contributed by atoms with van der Waals surface area (Å²) < 4.78 is 0. The summed E-state index contributed by atoms with van der Waals surface area (Å²) in [5.41, 5.74) is 1.03. The number of hydrogen-bond donors (Lipinski definition) is 2. The number of aromatic carboxylic acids is 1. The molecule has 2 N–H and O–H groups in total. The molecular formula is C15H15NO3. The number of nitrogens with one attached hydrogen (secondary N) is 1. The van der Waals surface area contributed by atoms with E-state index < -0.39 is 5.97 Å². The van der Waals surface area contributed by atoms with E-state index in [0.717, 1.165) is 18.4 Å². The molecule has 1 aromatic carbocycles. The van der Waals surface area contributed by atoms with Crippen LogP contribution in [0.5, 0.6) is 0 Å². The molecule has 0 atom stereocenters. The molecule has 98 valence electrons. The summed E-state index contributed by atoms with van der Waals surface area (Å²) >= 11 is 0. The quantitative estimate of drug-likeness (QED) is 0.642. The van der Waals surface area contributed by atoms with Gasteiger partial charge in [0.15, 0.2) is 0 Å². The third-order valence-electron chi connectivity index (χ3n) is 2.94. The minimum atomic E-state index is -0.956. The molecule has 2 rings (SSSR count). The highest BCUT2D eigenvalue weighted by Gasteiger charge is 2.10. The molecule has 4 heteroatoms. The van der Waals surface area contributed by atoms with Crippen molar-refractivity contribution in [2.24, 2.45) is 0 Å². The average Bonchev–Trinajstić information content (AvgIpc) is 2.89. The van der Waals surface area contributed by atoms with Crippen molar-refractivity contribution < 1.29 is 14.7 Å². The second-order valence-electron chi connectivity index (χ2n) is 4.41. The lowest BCUT2D eigenvalue weighted by Crippen LogP contribution is -2.31. The normalized spacial score (nSPS) is 14.9. The molecule has 4 nitrogen and oxygen atoms in total. The first-order valence-corrected chi connectivity index (χ1v) is 6.12. The molecule has 0 bridgehead atoms. The Labute approximate surface area is 111 Å². The van der Waals surface area contributed by atoms with Gasteiger partial charge in [0, 0.05) is 12.1 Å². The maximum atomic E-state index is 11.6. The summed E-state index contributed by atoms with van der Waals surface area (Å²) in [6.45, 7) is 0. The van der Waals surface area contributed by atoms with Crippen molar-refractivity contribution >= 4 is 18.0 Å². The van der Waals surface area contributed by atoms with Gasteiger partial charge in [0.1, 0.15) is 0 Å². The van der Waals surface area contributed by atoms with E-state index >= 15 is 0 Å². The van der Waals surface area contributed by atoms with Gasteiger partial charge in [-0.1, -0.05) is 24.3 Å². The van der Waals surface area contributed by atoms with E-state index in [2.05, 4.69) is 17.5 Å². The smallest absolute Gasteiger partial charge is 0.335 e. The molecule has 0 spiro atoms. The summed E-state index contributed by atoms with van der Waals surface area (Å²) in [6, 6.07) is 6.57. The van der Waals surface area contributed by atoms with E-state index in [1.165, 1.54) is 18.2 Å². The van der Waals surface area contributed by atoms with Gasteiger partial charge in [0.2, 0.25) is 5.91 Å². The standard InChI is InChI=1S/C15H15NO3/c17-14(16-13-3-1-2-4-13)10-7-11-5-8-12(9-6-11)15(18)19/h1-2,5-10,13H,3-4H2,(H,16,17)(H,18,19). The highest BCUT2D eigenvalue weighted by atomic mass is 16.4. The molecule has 0 saturated carbocycles. The SMILES string of the molecule is O=C(C=Cc1ccc(C(=O)O)cc1)NC1CC=CC1. The Hall–Kier alpha value is -2.36. The third-order valence-corrected chi connectivity index (χ3v) is 2.94. The van der Waals surface area contributed by atoms with Gasteiger partial charge in [-0.25, -0.2) is 4.79 Å². The Morgan fingerprint density at radius 3 is 2.37 bits per heavy atom. The highest BCUT2D eigenvalue weighted by molar-refractivity contribution is 5.92. The molecule has 0 aliphatic heterocycles. The lowest BCUT2D eigenvalue weighted by Gasteiger charge is -2.09. The summed E-state index contributed by atoms with van der Waals surface area (Å²) in [6.07, 6.45) is 9.01. The zero-order valence-electron chi connectivity index (χ0n) is 10.4. The van der Waals surface area contributed by atoms with E-state index in [4.69, 9.17) is 5.11 Å². The number of carbonyl (C=O) groups is 2. The summed E-state index contributed by atoms with van der Waals surface area (Å²) in [5.74, 6) is -1.09. The fraction of sp³-hybridized carbons (Fsp3) is 0.200. The van der Waals surface area contributed by atoms with Gasteiger partial charge in [-0.05, 0) is 36.6 Å². The van der Waals surface area contributed by atoms with Crippen LogP contribution in [-0.4, -0.2) is 23.0 Å². The molecule has 0 radical (unpaired) electrons. The maximum absolute atomic E-state index is 11.6. The largest absolute Gasteiger partial charge is 0.478 e. The molecule has 0 heterocycles. The van der Waals surface area contributed by atoms with Crippen LogP contribution in [0.1, 0.15) is 28.8 Å². The van der Waals surface area contributed by atoms with Crippen molar-refractivity contribution in [3.8, 4) is 0 Å². The van der Waals surface area contributed by atoms with Crippen molar-refractivity contribution in [3.05, 3.63) is 53.6 Å². The van der Waals surface area contributed by atoms with Gasteiger partial charge >= 0.3 is 5.97 Å². The zero-order valence-corrected chi connectivity index (χ0v) is 10.4. The van der Waals surface area contributed by atoms with Gasteiger partial charge < -0.3 is 10.4 Å². The highest BCUT2D eigenvalue weighted by Crippen LogP contribution is 2.09. The first-order chi connectivity index (χ1) is 9.15. The van der Waals surface area contributed by atoms with Crippen molar-refractivity contribution in [3.63, 3.8) is 0 Å². The number of carbonyl (C=O) groups excluding carboxylic acids is 1. The van der Waals surface area contributed by atoms with Crippen LogP contribution in [0.2, 0.25) is 0 Å². The first-order valence-electron chi connectivity index (χ1n) is 6.12. The average molecular weight is 257 g/mol. The molecule has 1 aromatic rings. The van der Waals surface area contributed by atoms with Crippen molar-refractivity contribution in [2.45, 2.75) is 18.9 Å². The van der Waals surface area contributed by atoms with Gasteiger partial charge in [-0.3, -0.25) is 4.79 Å². The van der Waals surface area contributed by atoms with Gasteiger partial charge in [0.05, 0.1) is 5.56 Å². The van der Waals surface area contributed by atoms with Crippen LogP contribution in [0.4, 0.5) is 0 Å². The van der Waals surface area contributed by atoms with E-state index in [-0.39, 0.29) is 17.5 Å². The summed E-state index contributed by atoms with van der Waals surface area (Å²) in [7, 11) is 0. The van der Waals surface area contributed by atoms with E-state index in [9.17, 15) is 9.59 Å². The molecule has 0 saturated heterocycles. The fourth-order valence-corrected chi connectivity index (χ4v) is 1.89. The van der Waals surface area contributed by atoms with Crippen molar-refractivity contribution in [2.75, 3.05) is 0 Å². The predicted octanol–water partition coefficient (Wildman–Crippen LogP) is 2.23. The lowest BCUT2D eigenvalue weighted by molar-refractivity contribution is -0.117. The summed E-state index contributed by atoms with van der Waals surface area (Å²) in [5, 5.41) is 11.7. The van der Waals surface area contributed by atoms with Crippen LogP contribution in [0.15, 0.2) is 42.5 Å². The van der Waals surface area contributed by atoms with E-state index in [0.29, 0.717) is 0 Å². The Morgan fingerprint density at radius 2 is 1.79 bits per heavy atom. The van der Waals surface area contributed by atoms with Crippen LogP contribution in [0, 0.1) is 0 Å². The van der Waals surface area contributed by atoms with E-state index in [1.807, 2.05) is 0 Å². The Balaban J connectivity index is 1.90. The lowest BCUT2D eigenvalue weighted by atomic mass is 10.1. The molecule has 0 aromatic heterocycles. The number of carboxylic acid groups (broad SMARTS) is 1. The fourth-order valence-electron chi connectivity index (χ4n) is 1.89. The van der Waals surface area contributed by atoms with Gasteiger partial charge in [-0.2, -0.15) is 0 Å². The Bertz CT molecular complexity index is 521. The second-order valence-corrected chi connectivity index (χ2v) is 4.41. The molecule has 1 aliphatic carbocycles. The van der Waals surface area contributed by atoms with Crippen LogP contribution in [0.3, 0.4) is 0 Å². The molecular weight excluding hydrogens is 242 g/mol. The van der Waals surface area contributed by atoms with Crippen molar-refractivity contribution in [1.29, 1.82) is 0 Å². The Morgan fingerprint density at radius 1 is 1.16 bits per heavy atom. The second kappa shape index (κ2) is 6.00. The molecule has 0 unspecified atom stereocenters. The monoisotopic (exact) mass is 257 g/mol. The van der Waals surface area contributed by atoms with Crippen molar-refractivity contribution in [1.82, 2.24) is 5.32 Å². The number of benzene rings is 1. The molecule has 19 heavy (non-hydrogen) atoms. The van der Waals surface area contributed by atoms with Crippen LogP contribution in [0.25, 0.3) is 6.08 Å². The number of carboxylic acids is 1. The maximum Gasteiger partial charge on any atom is 0.335 e. The summed E-state index contributed by atoms with van der Waals surface area (Å²) in [4.78, 5) is 22.3. The molecule has 1 aliphatic rings. The van der Waals surface area contributed by atoms with Gasteiger partial charge in [0.25, 0.3) is 0 Å². The number of amides is 1. The zero-order chi connectivity index (χ0) is 13.7. The molecule has 0 fully saturated rings. The van der Waals surface area contributed by atoms with Gasteiger partial charge in [-0.15, -0.1) is 0 Å². The van der Waals surface area contributed by atoms with Crippen LogP contribution < -0.4 is 5.32 Å². The Kier molecular flexibility index (Phi) is 4.13. The predicted molar refractivity (Wildman–Crippen MR) is 72.7 cm³/mol. The minimum Gasteiger partial charge on any atom is -0.478 e. The molecule has 1 amide bonds. The number of rotatable bonds is 4. The third kappa shape index (κ3) is 3.81. The first kappa shape index (κ1) is 13.1. The minimum absolute atomic E-state index is 0.129.